The Balaban J connectivity index is 0.00000289. The highest BCUT2D eigenvalue weighted by Crippen LogP contribution is 2.34. The van der Waals surface area contributed by atoms with E-state index in [0.717, 1.165) is 18.2 Å². The van der Waals surface area contributed by atoms with Crippen molar-refractivity contribution in [3.05, 3.63) is 35.1 Å². The van der Waals surface area contributed by atoms with Crippen LogP contribution < -0.4 is 5.32 Å². The summed E-state index contributed by atoms with van der Waals surface area (Å²) in [7, 11) is 0. The molecule has 11 heteroatoms. The van der Waals surface area contributed by atoms with Gasteiger partial charge in [0.1, 0.15) is 12.4 Å². The van der Waals surface area contributed by atoms with Gasteiger partial charge >= 0.3 is 12.2 Å². The number of hydrogen-bond acceptors (Lipinski definition) is 4. The number of carbonyl (C=O) groups is 2. The molecule has 1 aromatic carbocycles. The standard InChI is InChI=1S/C20H23F4N3O4.H2/c1-11-17(30-9-12-13(20(22,23)24)3-2-4-14(12)21)8-27(11)19(29)26-6-5-16-15(7-26)25-18(28)10-31-16;/h2-4,11,15-17H,5-10H2,1H3,(H,25,28);1H/t11?,15-,16+,17?;/m1./s1. The number of likely N-dealkylation sites (tertiary alicyclic amines) is 2. The number of hydrogen-bond donors (Lipinski definition) is 1. The molecule has 4 atom stereocenters. The summed E-state index contributed by atoms with van der Waals surface area (Å²) < 4.78 is 64.4. The van der Waals surface area contributed by atoms with Crippen LogP contribution in [0.3, 0.4) is 0 Å². The van der Waals surface area contributed by atoms with Crippen molar-refractivity contribution >= 4 is 11.9 Å². The molecule has 0 aromatic heterocycles. The Kier molecular flexibility index (Phi) is 5.82. The Morgan fingerprint density at radius 2 is 2.13 bits per heavy atom. The molecule has 3 amide bonds. The second-order valence-electron chi connectivity index (χ2n) is 8.05. The number of fused-ring (bicyclic) bond motifs is 1. The molecule has 0 aliphatic carbocycles. The number of halogens is 4. The summed E-state index contributed by atoms with van der Waals surface area (Å²) in [6.45, 7) is 2.23. The van der Waals surface area contributed by atoms with E-state index >= 15 is 0 Å². The quantitative estimate of drug-likeness (QED) is 0.723. The number of benzene rings is 1. The third-order valence-electron chi connectivity index (χ3n) is 6.11. The highest BCUT2D eigenvalue weighted by atomic mass is 19.4. The lowest BCUT2D eigenvalue weighted by atomic mass is 9.98. The molecule has 3 aliphatic heterocycles. The van der Waals surface area contributed by atoms with Gasteiger partial charge in [-0.25, -0.2) is 9.18 Å². The number of nitrogens with one attached hydrogen (secondary N) is 1. The third kappa shape index (κ3) is 4.33. The molecular formula is C20H25F4N3O4. The fraction of sp³-hybridized carbons (Fsp3) is 0.600. The Labute approximate surface area is 177 Å². The van der Waals surface area contributed by atoms with Gasteiger partial charge < -0.3 is 24.6 Å². The van der Waals surface area contributed by atoms with Gasteiger partial charge in [-0.3, -0.25) is 4.79 Å². The van der Waals surface area contributed by atoms with E-state index in [2.05, 4.69) is 5.32 Å². The number of nitrogens with zero attached hydrogens (tertiary/aromatic N) is 2. The van der Waals surface area contributed by atoms with Crippen molar-refractivity contribution < 1.29 is 38.1 Å². The summed E-state index contributed by atoms with van der Waals surface area (Å²) in [5.74, 6) is -1.19. The number of urea groups is 1. The highest BCUT2D eigenvalue weighted by molar-refractivity contribution is 5.79. The van der Waals surface area contributed by atoms with Gasteiger partial charge in [0.25, 0.3) is 0 Å². The van der Waals surface area contributed by atoms with Gasteiger partial charge in [-0.1, -0.05) is 6.07 Å². The SMILES string of the molecule is CC1C(OCc2c(F)cccc2C(F)(F)F)CN1C(=O)N1CC[C@@H]2OCC(=O)N[C@@H]2C1.[HH]. The zero-order valence-electron chi connectivity index (χ0n) is 16.8. The Morgan fingerprint density at radius 1 is 1.35 bits per heavy atom. The van der Waals surface area contributed by atoms with E-state index in [-0.39, 0.29) is 44.7 Å². The first-order chi connectivity index (χ1) is 14.6. The third-order valence-corrected chi connectivity index (χ3v) is 6.11. The lowest BCUT2D eigenvalue weighted by molar-refractivity contribution is -0.142. The van der Waals surface area contributed by atoms with Crippen LogP contribution in [0.25, 0.3) is 0 Å². The number of morpholine rings is 1. The maximum Gasteiger partial charge on any atom is 0.416 e. The fourth-order valence-corrected chi connectivity index (χ4v) is 4.24. The number of carbonyl (C=O) groups excluding carboxylic acids is 2. The van der Waals surface area contributed by atoms with E-state index in [9.17, 15) is 27.2 Å². The van der Waals surface area contributed by atoms with Crippen LogP contribution in [0.5, 0.6) is 0 Å². The lowest BCUT2D eigenvalue weighted by Crippen LogP contribution is -2.67. The number of alkyl halides is 3. The normalized spacial score (nSPS) is 28.6. The van der Waals surface area contributed by atoms with Crippen LogP contribution in [0.2, 0.25) is 0 Å². The predicted octanol–water partition coefficient (Wildman–Crippen LogP) is 2.39. The minimum atomic E-state index is -4.68. The van der Waals surface area contributed by atoms with Crippen LogP contribution in [-0.4, -0.2) is 72.3 Å². The molecule has 0 bridgehead atoms. The van der Waals surface area contributed by atoms with Crippen LogP contribution in [0.15, 0.2) is 18.2 Å². The van der Waals surface area contributed by atoms with Crippen molar-refractivity contribution in [2.75, 3.05) is 26.2 Å². The molecule has 1 aromatic rings. The van der Waals surface area contributed by atoms with Gasteiger partial charge in [-0.2, -0.15) is 13.2 Å². The summed E-state index contributed by atoms with van der Waals surface area (Å²) in [5, 5.41) is 2.83. The topological polar surface area (TPSA) is 71.1 Å². The summed E-state index contributed by atoms with van der Waals surface area (Å²) in [6, 6.07) is 1.93. The first kappa shape index (κ1) is 21.8. The number of amides is 3. The molecule has 3 saturated heterocycles. The monoisotopic (exact) mass is 447 g/mol. The van der Waals surface area contributed by atoms with Crippen molar-refractivity contribution in [1.82, 2.24) is 15.1 Å². The highest BCUT2D eigenvalue weighted by Gasteiger charge is 2.44. The second kappa shape index (κ2) is 8.27. The van der Waals surface area contributed by atoms with Crippen LogP contribution >= 0.6 is 0 Å². The largest absolute Gasteiger partial charge is 0.416 e. The predicted molar refractivity (Wildman–Crippen MR) is 102 cm³/mol. The molecule has 3 fully saturated rings. The summed E-state index contributed by atoms with van der Waals surface area (Å²) in [4.78, 5) is 27.6. The van der Waals surface area contributed by atoms with Gasteiger partial charge in [0, 0.05) is 20.1 Å². The number of ether oxygens (including phenoxy) is 2. The second-order valence-corrected chi connectivity index (χ2v) is 8.05. The first-order valence-electron chi connectivity index (χ1n) is 10.1. The van der Waals surface area contributed by atoms with Crippen molar-refractivity contribution in [1.29, 1.82) is 0 Å². The molecule has 0 spiro atoms. The maximum atomic E-state index is 14.0. The Hall–Kier alpha value is -2.40. The molecule has 3 heterocycles. The van der Waals surface area contributed by atoms with Gasteiger partial charge in [0.05, 0.1) is 43.0 Å². The van der Waals surface area contributed by atoms with Crippen molar-refractivity contribution in [3.63, 3.8) is 0 Å². The summed E-state index contributed by atoms with van der Waals surface area (Å²) >= 11 is 0. The molecule has 172 valence electrons. The molecule has 0 radical (unpaired) electrons. The Morgan fingerprint density at radius 3 is 2.84 bits per heavy atom. The molecular weight excluding hydrogens is 422 g/mol. The molecule has 1 N–H and O–H groups in total. The minimum Gasteiger partial charge on any atom is -0.369 e. The zero-order valence-corrected chi connectivity index (χ0v) is 16.8. The van der Waals surface area contributed by atoms with E-state index < -0.39 is 35.8 Å². The smallest absolute Gasteiger partial charge is 0.369 e. The van der Waals surface area contributed by atoms with Crippen LogP contribution in [0.4, 0.5) is 22.4 Å². The zero-order chi connectivity index (χ0) is 22.3. The van der Waals surface area contributed by atoms with Crippen molar-refractivity contribution in [2.24, 2.45) is 0 Å². The molecule has 4 rings (SSSR count). The van der Waals surface area contributed by atoms with Crippen LogP contribution in [-0.2, 0) is 27.1 Å². The lowest BCUT2D eigenvalue weighted by Gasteiger charge is -2.49. The van der Waals surface area contributed by atoms with Gasteiger partial charge in [-0.05, 0) is 25.5 Å². The van der Waals surface area contributed by atoms with E-state index in [0.29, 0.717) is 19.5 Å². The van der Waals surface area contributed by atoms with Crippen molar-refractivity contribution in [3.8, 4) is 0 Å². The molecule has 31 heavy (non-hydrogen) atoms. The van der Waals surface area contributed by atoms with Gasteiger partial charge in [-0.15, -0.1) is 0 Å². The van der Waals surface area contributed by atoms with E-state index in [1.807, 2.05) is 0 Å². The molecule has 0 saturated carbocycles. The van der Waals surface area contributed by atoms with Crippen molar-refractivity contribution in [2.45, 2.75) is 50.4 Å². The van der Waals surface area contributed by atoms with Crippen LogP contribution in [0.1, 0.15) is 25.9 Å². The van der Waals surface area contributed by atoms with Crippen LogP contribution in [0, 0.1) is 5.82 Å². The van der Waals surface area contributed by atoms with Gasteiger partial charge in [0.2, 0.25) is 5.91 Å². The average Bonchev–Trinajstić information content (AvgIpc) is 2.72. The Bertz CT molecular complexity index is 872. The summed E-state index contributed by atoms with van der Waals surface area (Å²) in [6.07, 6.45) is -4.69. The number of piperidine rings is 1. The fourth-order valence-electron chi connectivity index (χ4n) is 4.24. The minimum absolute atomic E-state index is 0. The van der Waals surface area contributed by atoms with E-state index in [1.165, 1.54) is 0 Å². The van der Waals surface area contributed by atoms with E-state index in [1.54, 1.807) is 16.7 Å². The summed E-state index contributed by atoms with van der Waals surface area (Å²) in [5.41, 5.74) is -1.60. The maximum absolute atomic E-state index is 14.0. The van der Waals surface area contributed by atoms with E-state index in [4.69, 9.17) is 9.47 Å². The van der Waals surface area contributed by atoms with Gasteiger partial charge in [0.15, 0.2) is 0 Å². The molecule has 7 nitrogen and oxygen atoms in total. The molecule has 3 aliphatic rings. The average molecular weight is 447 g/mol. The first-order valence-corrected chi connectivity index (χ1v) is 10.1. The number of rotatable bonds is 3. The molecule has 2 unspecified atom stereocenters.